The first-order chi connectivity index (χ1) is 6.20. The molecule has 0 heterocycles. The van der Waals surface area contributed by atoms with E-state index in [1.54, 1.807) is 14.2 Å². The molecule has 4 heteroatoms. The highest BCUT2D eigenvalue weighted by Gasteiger charge is 2.34. The summed E-state index contributed by atoms with van der Waals surface area (Å²) in [4.78, 5) is 0. The lowest BCUT2D eigenvalue weighted by Gasteiger charge is -2.30. The van der Waals surface area contributed by atoms with Gasteiger partial charge >= 0.3 is 0 Å². The maximum atomic E-state index is 8.78. The molecule has 4 nitrogen and oxygen atoms in total. The molecule has 0 unspecified atom stereocenters. The number of methoxy groups -OCH3 is 2. The largest absolute Gasteiger partial charge is 0.411 e. The summed E-state index contributed by atoms with van der Waals surface area (Å²) < 4.78 is 10.5. The molecule has 13 heavy (non-hydrogen) atoms. The van der Waals surface area contributed by atoms with Gasteiger partial charge < -0.3 is 14.7 Å². The van der Waals surface area contributed by atoms with Gasteiger partial charge in [-0.15, -0.1) is 0 Å². The first-order valence-electron chi connectivity index (χ1n) is 4.52. The van der Waals surface area contributed by atoms with Crippen molar-refractivity contribution in [1.29, 1.82) is 0 Å². The Balaban J connectivity index is 4.72. The van der Waals surface area contributed by atoms with Crippen molar-refractivity contribution in [2.75, 3.05) is 14.2 Å². The van der Waals surface area contributed by atoms with Gasteiger partial charge in [-0.3, -0.25) is 0 Å². The van der Waals surface area contributed by atoms with Crippen LogP contribution in [0.3, 0.4) is 0 Å². The van der Waals surface area contributed by atoms with Crippen LogP contribution >= 0.6 is 0 Å². The van der Waals surface area contributed by atoms with Crippen LogP contribution < -0.4 is 0 Å². The van der Waals surface area contributed by atoms with E-state index < -0.39 is 5.79 Å². The molecular formula is C9H19NO3. The fourth-order valence-corrected chi connectivity index (χ4v) is 1.41. The van der Waals surface area contributed by atoms with Crippen LogP contribution in [0.5, 0.6) is 0 Å². The second-order valence-corrected chi connectivity index (χ2v) is 2.81. The topological polar surface area (TPSA) is 51.0 Å². The number of nitrogens with zero attached hydrogens (tertiary/aromatic N) is 1. The van der Waals surface area contributed by atoms with Crippen molar-refractivity contribution in [3.63, 3.8) is 0 Å². The Morgan fingerprint density at radius 2 is 1.85 bits per heavy atom. The summed E-state index contributed by atoms with van der Waals surface area (Å²) >= 11 is 0. The van der Waals surface area contributed by atoms with Crippen molar-refractivity contribution >= 4 is 5.71 Å². The molecule has 0 aliphatic carbocycles. The molecule has 0 saturated carbocycles. The lowest BCUT2D eigenvalue weighted by molar-refractivity contribution is -0.160. The Morgan fingerprint density at radius 3 is 2.08 bits per heavy atom. The molecule has 0 bridgehead atoms. The Morgan fingerprint density at radius 1 is 1.31 bits per heavy atom. The van der Waals surface area contributed by atoms with Crippen molar-refractivity contribution in [2.24, 2.45) is 5.16 Å². The van der Waals surface area contributed by atoms with Gasteiger partial charge in [-0.25, -0.2) is 0 Å². The Bertz CT molecular complexity index is 164. The summed E-state index contributed by atoms with van der Waals surface area (Å²) in [6, 6.07) is 0. The molecule has 0 aliphatic heterocycles. The molecule has 0 aromatic rings. The van der Waals surface area contributed by atoms with Crippen molar-refractivity contribution in [3.8, 4) is 0 Å². The molecule has 0 aromatic heterocycles. The molecule has 78 valence electrons. The predicted octanol–water partition coefficient (Wildman–Crippen LogP) is 2.02. The van der Waals surface area contributed by atoms with E-state index in [2.05, 4.69) is 5.16 Å². The van der Waals surface area contributed by atoms with E-state index in [0.717, 1.165) is 6.42 Å². The summed E-state index contributed by atoms with van der Waals surface area (Å²) in [7, 11) is 3.11. The third-order valence-electron chi connectivity index (χ3n) is 2.13. The van der Waals surface area contributed by atoms with Gasteiger partial charge in [-0.1, -0.05) is 25.4 Å². The average Bonchev–Trinajstić information content (AvgIpc) is 2.18. The fraction of sp³-hybridized carbons (Fsp3) is 0.889. The predicted molar refractivity (Wildman–Crippen MR) is 51.2 cm³/mol. The van der Waals surface area contributed by atoms with E-state index in [1.807, 2.05) is 13.8 Å². The fourth-order valence-electron chi connectivity index (χ4n) is 1.41. The monoisotopic (exact) mass is 189 g/mol. The van der Waals surface area contributed by atoms with Crippen molar-refractivity contribution in [1.82, 2.24) is 0 Å². The van der Waals surface area contributed by atoms with Gasteiger partial charge in [-0.2, -0.15) is 0 Å². The standard InChI is InChI=1S/C9H19NO3/c1-5-7-9(12-3,13-4)8(6-2)10-11/h11H,5-7H2,1-4H3/b10-8+. The number of rotatable bonds is 6. The van der Waals surface area contributed by atoms with Crippen molar-refractivity contribution in [2.45, 2.75) is 38.9 Å². The summed E-state index contributed by atoms with van der Waals surface area (Å²) in [6.07, 6.45) is 2.20. The number of hydrogen-bond donors (Lipinski definition) is 1. The highest BCUT2D eigenvalue weighted by atomic mass is 16.7. The Kier molecular flexibility index (Phi) is 5.66. The highest BCUT2D eigenvalue weighted by Crippen LogP contribution is 2.22. The van der Waals surface area contributed by atoms with Gasteiger partial charge in [-0.05, 0) is 6.42 Å². The van der Waals surface area contributed by atoms with E-state index in [0.29, 0.717) is 18.6 Å². The minimum Gasteiger partial charge on any atom is -0.411 e. The van der Waals surface area contributed by atoms with E-state index in [4.69, 9.17) is 14.7 Å². The average molecular weight is 189 g/mol. The highest BCUT2D eigenvalue weighted by molar-refractivity contribution is 5.90. The minimum atomic E-state index is -0.849. The van der Waals surface area contributed by atoms with E-state index in [-0.39, 0.29) is 0 Å². The van der Waals surface area contributed by atoms with Crippen molar-refractivity contribution in [3.05, 3.63) is 0 Å². The van der Waals surface area contributed by atoms with Gasteiger partial charge in [0.25, 0.3) is 0 Å². The zero-order valence-electron chi connectivity index (χ0n) is 8.83. The van der Waals surface area contributed by atoms with Crippen LogP contribution in [0.4, 0.5) is 0 Å². The first kappa shape index (κ1) is 12.4. The van der Waals surface area contributed by atoms with Crippen LogP contribution in [0.2, 0.25) is 0 Å². The minimum absolute atomic E-state index is 0.527. The van der Waals surface area contributed by atoms with Crippen LogP contribution in [0.15, 0.2) is 5.16 Å². The molecular weight excluding hydrogens is 170 g/mol. The normalized spacial score (nSPS) is 13.4. The maximum absolute atomic E-state index is 8.78. The number of ether oxygens (including phenoxy) is 2. The summed E-state index contributed by atoms with van der Waals surface area (Å²) in [6.45, 7) is 3.93. The molecule has 0 atom stereocenters. The van der Waals surface area contributed by atoms with Gasteiger partial charge in [0.05, 0.1) is 0 Å². The van der Waals surface area contributed by atoms with Gasteiger partial charge in [0.2, 0.25) is 5.79 Å². The van der Waals surface area contributed by atoms with Crippen LogP contribution in [0.1, 0.15) is 33.1 Å². The van der Waals surface area contributed by atoms with E-state index in [9.17, 15) is 0 Å². The van der Waals surface area contributed by atoms with Gasteiger partial charge in [0.15, 0.2) is 0 Å². The molecule has 0 saturated heterocycles. The quantitative estimate of drug-likeness (QED) is 0.301. The molecule has 1 N–H and O–H groups in total. The molecule has 0 fully saturated rings. The first-order valence-corrected chi connectivity index (χ1v) is 4.52. The molecule has 0 radical (unpaired) electrons. The molecule has 0 aliphatic rings. The van der Waals surface area contributed by atoms with Gasteiger partial charge in [0, 0.05) is 20.6 Å². The molecule has 0 spiro atoms. The van der Waals surface area contributed by atoms with Gasteiger partial charge in [0.1, 0.15) is 5.71 Å². The van der Waals surface area contributed by atoms with Crippen LogP contribution in [0.25, 0.3) is 0 Å². The number of hydrogen-bond acceptors (Lipinski definition) is 4. The second kappa shape index (κ2) is 5.94. The third kappa shape index (κ3) is 2.67. The summed E-state index contributed by atoms with van der Waals surface area (Å²) in [5, 5.41) is 12.0. The number of oxime groups is 1. The zero-order chi connectivity index (χ0) is 10.3. The summed E-state index contributed by atoms with van der Waals surface area (Å²) in [5.41, 5.74) is 0.527. The zero-order valence-corrected chi connectivity index (χ0v) is 8.83. The van der Waals surface area contributed by atoms with E-state index >= 15 is 0 Å². The molecule has 0 aromatic carbocycles. The Labute approximate surface area is 79.5 Å². The Hall–Kier alpha value is -0.610. The lowest BCUT2D eigenvalue weighted by atomic mass is 10.0. The smallest absolute Gasteiger partial charge is 0.211 e. The molecule has 0 amide bonds. The van der Waals surface area contributed by atoms with Crippen molar-refractivity contribution < 1.29 is 14.7 Å². The van der Waals surface area contributed by atoms with Crippen LogP contribution in [-0.2, 0) is 9.47 Å². The van der Waals surface area contributed by atoms with E-state index in [1.165, 1.54) is 0 Å². The SMILES string of the molecule is CCCC(OC)(OC)/C(CC)=N/O. The maximum Gasteiger partial charge on any atom is 0.211 e. The lowest BCUT2D eigenvalue weighted by Crippen LogP contribution is -2.42. The second-order valence-electron chi connectivity index (χ2n) is 2.81. The summed E-state index contributed by atoms with van der Waals surface area (Å²) in [5.74, 6) is -0.849. The van der Waals surface area contributed by atoms with Crippen LogP contribution in [-0.4, -0.2) is 30.9 Å². The van der Waals surface area contributed by atoms with Crippen LogP contribution in [0, 0.1) is 0 Å². The molecule has 0 rings (SSSR count). The third-order valence-corrected chi connectivity index (χ3v) is 2.13.